The lowest BCUT2D eigenvalue weighted by molar-refractivity contribution is 0.759. The van der Waals surface area contributed by atoms with Crippen molar-refractivity contribution in [1.29, 1.82) is 5.26 Å². The van der Waals surface area contributed by atoms with E-state index in [0.29, 0.717) is 0 Å². The molecule has 0 saturated heterocycles. The lowest BCUT2D eigenvalue weighted by Crippen LogP contribution is -2.04. The van der Waals surface area contributed by atoms with Gasteiger partial charge in [-0.1, -0.05) is 20.8 Å². The number of hydrogen-bond acceptors (Lipinski definition) is 1. The van der Waals surface area contributed by atoms with Gasteiger partial charge in [0.1, 0.15) is 0 Å². The molecular formula is C5H9BN. The molecule has 0 unspecified atom stereocenters. The summed E-state index contributed by atoms with van der Waals surface area (Å²) >= 11 is 0. The molecule has 0 N–H and O–H groups in total. The van der Waals surface area contributed by atoms with Crippen molar-refractivity contribution in [3.8, 4) is 5.97 Å². The molecule has 0 heterocycles. The molecule has 1 radical (unpaired) electrons. The van der Waals surface area contributed by atoms with E-state index in [4.69, 9.17) is 5.26 Å². The topological polar surface area (TPSA) is 23.8 Å². The van der Waals surface area contributed by atoms with Crippen molar-refractivity contribution in [3.63, 3.8) is 0 Å². The van der Waals surface area contributed by atoms with E-state index in [1.54, 1.807) is 7.28 Å². The smallest absolute Gasteiger partial charge is 0.213 e. The van der Waals surface area contributed by atoms with Crippen molar-refractivity contribution in [3.05, 3.63) is 0 Å². The van der Waals surface area contributed by atoms with E-state index >= 15 is 0 Å². The Morgan fingerprint density at radius 2 is 1.86 bits per heavy atom. The molecule has 0 bridgehead atoms. The average Bonchev–Trinajstić information content (AvgIpc) is 1.30. The summed E-state index contributed by atoms with van der Waals surface area (Å²) in [5, 5.41) is 8.16. The maximum atomic E-state index is 8.10. The molecule has 2 heteroatoms. The zero-order chi connectivity index (χ0) is 5.91. The first-order chi connectivity index (χ1) is 3.06. The minimum absolute atomic E-state index is 0.0642. The Balaban J connectivity index is 3.40. The van der Waals surface area contributed by atoms with Crippen molar-refractivity contribution >= 4 is 7.28 Å². The van der Waals surface area contributed by atoms with Crippen molar-refractivity contribution in [2.24, 2.45) is 0 Å². The molecule has 0 saturated carbocycles. The molecule has 0 aliphatic rings. The third kappa shape index (κ3) is 5.55. The summed E-state index contributed by atoms with van der Waals surface area (Å²) in [6.07, 6.45) is 0. The zero-order valence-corrected chi connectivity index (χ0v) is 5.02. The Labute approximate surface area is 45.6 Å². The molecule has 0 aromatic rings. The van der Waals surface area contributed by atoms with Gasteiger partial charge >= 0.3 is 0 Å². The molecule has 0 fully saturated rings. The van der Waals surface area contributed by atoms with Crippen LogP contribution in [0.15, 0.2) is 0 Å². The van der Waals surface area contributed by atoms with Gasteiger partial charge < -0.3 is 0 Å². The van der Waals surface area contributed by atoms with Crippen molar-refractivity contribution in [2.75, 3.05) is 0 Å². The summed E-state index contributed by atoms with van der Waals surface area (Å²) in [4.78, 5) is 0. The Morgan fingerprint density at radius 3 is 1.86 bits per heavy atom. The van der Waals surface area contributed by atoms with E-state index < -0.39 is 0 Å². The second kappa shape index (κ2) is 2.02. The molecule has 0 aromatic carbocycles. The van der Waals surface area contributed by atoms with Crippen LogP contribution in [0, 0.1) is 11.2 Å². The predicted molar refractivity (Wildman–Crippen MR) is 31.1 cm³/mol. The molecule has 1 nitrogen and oxygen atoms in total. The van der Waals surface area contributed by atoms with Crippen LogP contribution in [0.1, 0.15) is 20.8 Å². The van der Waals surface area contributed by atoms with E-state index in [9.17, 15) is 0 Å². The van der Waals surface area contributed by atoms with Crippen LogP contribution in [0.4, 0.5) is 0 Å². The minimum Gasteiger partial charge on any atom is -0.213 e. The van der Waals surface area contributed by atoms with Gasteiger partial charge in [0.25, 0.3) is 7.28 Å². The van der Waals surface area contributed by atoms with E-state index in [0.717, 1.165) is 0 Å². The molecule has 0 aliphatic heterocycles. The van der Waals surface area contributed by atoms with E-state index in [1.165, 1.54) is 0 Å². The molecule has 0 aliphatic carbocycles. The highest BCUT2D eigenvalue weighted by molar-refractivity contribution is 6.48. The second-order valence-electron chi connectivity index (χ2n) is 2.64. The maximum Gasteiger partial charge on any atom is 0.260 e. The van der Waals surface area contributed by atoms with Gasteiger partial charge in [-0.05, 0) is 11.3 Å². The van der Waals surface area contributed by atoms with Gasteiger partial charge in [0, 0.05) is 0 Å². The lowest BCUT2D eigenvalue weighted by atomic mass is 9.57. The highest BCUT2D eigenvalue weighted by Gasteiger charge is 2.10. The van der Waals surface area contributed by atoms with Gasteiger partial charge in [-0.3, -0.25) is 0 Å². The SMILES string of the molecule is CC(C)(C)[B]C#N. The van der Waals surface area contributed by atoms with E-state index in [-0.39, 0.29) is 5.31 Å². The van der Waals surface area contributed by atoms with Gasteiger partial charge in [-0.25, -0.2) is 5.26 Å². The van der Waals surface area contributed by atoms with Crippen LogP contribution in [0.2, 0.25) is 5.31 Å². The highest BCUT2D eigenvalue weighted by atomic mass is 14.2. The second-order valence-corrected chi connectivity index (χ2v) is 2.64. The summed E-state index contributed by atoms with van der Waals surface area (Å²) in [6.45, 7) is 5.99. The normalized spacial score (nSPS) is 10.0. The quantitative estimate of drug-likeness (QED) is 0.416. The van der Waals surface area contributed by atoms with Crippen LogP contribution < -0.4 is 0 Å². The Bertz CT molecular complexity index is 85.2. The third-order valence-electron chi connectivity index (χ3n) is 0.498. The first kappa shape index (κ1) is 6.55. The summed E-state index contributed by atoms with van der Waals surface area (Å²) in [7, 11) is 1.62. The fraction of sp³-hybridized carbons (Fsp3) is 0.800. The first-order valence-corrected chi connectivity index (χ1v) is 2.30. The van der Waals surface area contributed by atoms with Gasteiger partial charge in [-0.15, -0.1) is 0 Å². The van der Waals surface area contributed by atoms with Crippen LogP contribution in [0.3, 0.4) is 0 Å². The largest absolute Gasteiger partial charge is 0.260 e. The number of hydrogen-bond donors (Lipinski definition) is 0. The summed E-state index contributed by atoms with van der Waals surface area (Å²) < 4.78 is 0. The molecule has 37 valence electrons. The van der Waals surface area contributed by atoms with Gasteiger partial charge in [0.05, 0.1) is 0 Å². The van der Waals surface area contributed by atoms with Gasteiger partial charge in [0.2, 0.25) is 0 Å². The molecule has 7 heavy (non-hydrogen) atoms. The molecule has 0 spiro atoms. The highest BCUT2D eigenvalue weighted by Crippen LogP contribution is 2.18. The summed E-state index contributed by atoms with van der Waals surface area (Å²) in [5.74, 6) is 1.98. The summed E-state index contributed by atoms with van der Waals surface area (Å²) in [6, 6.07) is 0. The van der Waals surface area contributed by atoms with Crippen molar-refractivity contribution < 1.29 is 0 Å². The summed E-state index contributed by atoms with van der Waals surface area (Å²) in [5.41, 5.74) is 0. The fourth-order valence-electron chi connectivity index (χ4n) is 0.194. The van der Waals surface area contributed by atoms with Crippen LogP contribution in [-0.2, 0) is 0 Å². The fourth-order valence-corrected chi connectivity index (χ4v) is 0.194. The van der Waals surface area contributed by atoms with E-state index in [1.807, 2.05) is 26.7 Å². The van der Waals surface area contributed by atoms with Crippen LogP contribution in [0.25, 0.3) is 0 Å². The monoisotopic (exact) mass is 94.1 g/mol. The van der Waals surface area contributed by atoms with Crippen LogP contribution >= 0.6 is 0 Å². The number of nitrogens with zero attached hydrogens (tertiary/aromatic N) is 1. The molecular weight excluding hydrogens is 84.9 g/mol. The van der Waals surface area contributed by atoms with Crippen molar-refractivity contribution in [2.45, 2.75) is 26.1 Å². The Kier molecular flexibility index (Phi) is 1.89. The predicted octanol–water partition coefficient (Wildman–Crippen LogP) is 1.39. The zero-order valence-electron chi connectivity index (χ0n) is 5.02. The third-order valence-corrected chi connectivity index (χ3v) is 0.498. The van der Waals surface area contributed by atoms with Crippen LogP contribution in [-0.4, -0.2) is 7.28 Å². The minimum atomic E-state index is 0.0642. The molecule has 0 rings (SSSR count). The number of nitriles is 1. The van der Waals surface area contributed by atoms with Crippen LogP contribution in [0.5, 0.6) is 0 Å². The molecule has 0 amide bonds. The lowest BCUT2D eigenvalue weighted by Gasteiger charge is -2.08. The van der Waals surface area contributed by atoms with Gasteiger partial charge in [-0.2, -0.15) is 0 Å². The maximum absolute atomic E-state index is 8.10. The molecule has 0 aromatic heterocycles. The first-order valence-electron chi connectivity index (χ1n) is 2.30. The van der Waals surface area contributed by atoms with Gasteiger partial charge in [0.15, 0.2) is 0 Å². The standard InChI is InChI=1S/C5H9BN/c1-5(2,3)6-4-7/h1-3H3. The Morgan fingerprint density at radius 1 is 1.43 bits per heavy atom. The van der Waals surface area contributed by atoms with Crippen molar-refractivity contribution in [1.82, 2.24) is 0 Å². The Hall–Kier alpha value is -0.445. The number of rotatable bonds is 0. The molecule has 0 atom stereocenters. The van der Waals surface area contributed by atoms with E-state index in [2.05, 4.69) is 0 Å². The average molecular weight is 93.9 g/mol.